The zero-order chi connectivity index (χ0) is 42.1. The van der Waals surface area contributed by atoms with Crippen molar-refractivity contribution in [2.75, 3.05) is 6.61 Å². The first-order chi connectivity index (χ1) is 28.7. The van der Waals surface area contributed by atoms with Gasteiger partial charge in [-0.25, -0.2) is 0 Å². The third-order valence-corrected chi connectivity index (χ3v) is 12.8. The lowest BCUT2D eigenvalue weighted by atomic mass is 10.0. The summed E-state index contributed by atoms with van der Waals surface area (Å²) in [6.07, 6.45) is 64.8. The average Bonchev–Trinajstić information content (AvgIpc) is 3.23. The molecule has 3 N–H and O–H groups in total. The molecule has 0 bridgehead atoms. The standard InChI is InChI=1S/C54H107NO3/c1-3-5-7-9-11-13-15-17-19-20-21-22-23-24-25-26-27-28-29-30-31-32-33-34-36-37-39-41-43-45-47-49-53(57)52(51-56)55-54(58)50-48-46-44-42-40-38-35-18-16-14-12-10-8-6-4-2/h18,35,52-53,56-57H,3-17,19-34,36-51H2,1-2H3,(H,55,58)/b35-18-. The lowest BCUT2D eigenvalue weighted by Gasteiger charge is -2.22. The van der Waals surface area contributed by atoms with Gasteiger partial charge in [-0.05, 0) is 38.5 Å². The number of unbranched alkanes of at least 4 members (excludes halogenated alkanes) is 41. The van der Waals surface area contributed by atoms with E-state index in [0.29, 0.717) is 12.8 Å². The molecule has 0 aromatic rings. The molecule has 58 heavy (non-hydrogen) atoms. The molecule has 0 aromatic heterocycles. The van der Waals surface area contributed by atoms with Crippen LogP contribution >= 0.6 is 0 Å². The van der Waals surface area contributed by atoms with Crippen LogP contribution in [0.2, 0.25) is 0 Å². The van der Waals surface area contributed by atoms with E-state index in [4.69, 9.17) is 0 Å². The van der Waals surface area contributed by atoms with Crippen molar-refractivity contribution in [3.8, 4) is 0 Å². The molecule has 0 aliphatic carbocycles. The van der Waals surface area contributed by atoms with Crippen LogP contribution in [0.3, 0.4) is 0 Å². The van der Waals surface area contributed by atoms with Crippen molar-refractivity contribution in [2.24, 2.45) is 0 Å². The van der Waals surface area contributed by atoms with E-state index in [2.05, 4.69) is 31.3 Å². The average molecular weight is 818 g/mol. The second kappa shape index (κ2) is 50.5. The molecule has 1 amide bonds. The van der Waals surface area contributed by atoms with Crippen LogP contribution in [0.4, 0.5) is 0 Å². The van der Waals surface area contributed by atoms with Gasteiger partial charge in [-0.2, -0.15) is 0 Å². The highest BCUT2D eigenvalue weighted by molar-refractivity contribution is 5.76. The zero-order valence-corrected chi connectivity index (χ0v) is 39.8. The Bertz CT molecular complexity index is 799. The van der Waals surface area contributed by atoms with Gasteiger partial charge < -0.3 is 15.5 Å². The van der Waals surface area contributed by atoms with E-state index < -0.39 is 12.1 Å². The Hall–Kier alpha value is -0.870. The summed E-state index contributed by atoms with van der Waals surface area (Å²) in [5.41, 5.74) is 0. The Morgan fingerprint density at radius 3 is 0.948 bits per heavy atom. The SMILES string of the molecule is CCCCCCCC/C=C\CCCCCCCC(=O)NC(CO)C(O)CCCCCCCCCCCCCCCCCCCCCCCCCCCCCCCCC. The highest BCUT2D eigenvalue weighted by Gasteiger charge is 2.20. The molecule has 2 atom stereocenters. The number of aliphatic hydroxyl groups excluding tert-OH is 2. The largest absolute Gasteiger partial charge is 0.394 e. The highest BCUT2D eigenvalue weighted by atomic mass is 16.3. The summed E-state index contributed by atoms with van der Waals surface area (Å²) in [6, 6.07) is -0.538. The molecule has 0 aliphatic rings. The summed E-state index contributed by atoms with van der Waals surface area (Å²) in [6.45, 7) is 4.38. The Kier molecular flexibility index (Phi) is 49.7. The number of hydrogen-bond acceptors (Lipinski definition) is 3. The van der Waals surface area contributed by atoms with Gasteiger partial charge in [-0.15, -0.1) is 0 Å². The lowest BCUT2D eigenvalue weighted by Crippen LogP contribution is -2.45. The van der Waals surface area contributed by atoms with E-state index in [1.54, 1.807) is 0 Å². The number of carbonyl (C=O) groups excluding carboxylic acids is 1. The topological polar surface area (TPSA) is 69.6 Å². The first-order valence-corrected chi connectivity index (χ1v) is 26.9. The Balaban J connectivity index is 3.39. The number of carbonyl (C=O) groups is 1. The van der Waals surface area contributed by atoms with Crippen molar-refractivity contribution in [3.63, 3.8) is 0 Å². The molecule has 4 heteroatoms. The molecular weight excluding hydrogens is 711 g/mol. The third-order valence-electron chi connectivity index (χ3n) is 12.8. The van der Waals surface area contributed by atoms with Gasteiger partial charge in [0.15, 0.2) is 0 Å². The third kappa shape index (κ3) is 46.2. The summed E-state index contributed by atoms with van der Waals surface area (Å²) in [4.78, 5) is 12.4. The fourth-order valence-corrected chi connectivity index (χ4v) is 8.65. The zero-order valence-electron chi connectivity index (χ0n) is 39.8. The van der Waals surface area contributed by atoms with Crippen molar-refractivity contribution < 1.29 is 15.0 Å². The number of allylic oxidation sites excluding steroid dienone is 2. The van der Waals surface area contributed by atoms with Gasteiger partial charge in [0.05, 0.1) is 18.8 Å². The van der Waals surface area contributed by atoms with Gasteiger partial charge in [-0.1, -0.05) is 276 Å². The molecule has 0 radical (unpaired) electrons. The summed E-state index contributed by atoms with van der Waals surface area (Å²) in [5.74, 6) is -0.0355. The smallest absolute Gasteiger partial charge is 0.220 e. The minimum atomic E-state index is -0.660. The monoisotopic (exact) mass is 818 g/mol. The molecule has 0 rings (SSSR count). The van der Waals surface area contributed by atoms with Crippen LogP contribution in [-0.4, -0.2) is 34.9 Å². The lowest BCUT2D eigenvalue weighted by molar-refractivity contribution is -0.123. The van der Waals surface area contributed by atoms with Gasteiger partial charge >= 0.3 is 0 Å². The predicted octanol–water partition coefficient (Wildman–Crippen LogP) is 17.4. The first kappa shape index (κ1) is 57.1. The van der Waals surface area contributed by atoms with E-state index in [-0.39, 0.29) is 12.5 Å². The van der Waals surface area contributed by atoms with Crippen LogP contribution in [0.15, 0.2) is 12.2 Å². The van der Waals surface area contributed by atoms with Gasteiger partial charge in [-0.3, -0.25) is 4.79 Å². The minimum Gasteiger partial charge on any atom is -0.394 e. The first-order valence-electron chi connectivity index (χ1n) is 26.9. The fraction of sp³-hybridized carbons (Fsp3) is 0.944. The van der Waals surface area contributed by atoms with Crippen LogP contribution in [0, 0.1) is 0 Å². The summed E-state index contributed by atoms with van der Waals surface area (Å²) in [5, 5.41) is 23.3. The van der Waals surface area contributed by atoms with Crippen LogP contribution in [0.25, 0.3) is 0 Å². The number of amides is 1. The predicted molar refractivity (Wildman–Crippen MR) is 258 cm³/mol. The maximum Gasteiger partial charge on any atom is 0.220 e. The van der Waals surface area contributed by atoms with Crippen molar-refractivity contribution >= 4 is 5.91 Å². The van der Waals surface area contributed by atoms with E-state index >= 15 is 0 Å². The highest BCUT2D eigenvalue weighted by Crippen LogP contribution is 2.18. The van der Waals surface area contributed by atoms with E-state index in [9.17, 15) is 15.0 Å². The number of hydrogen-bond donors (Lipinski definition) is 3. The van der Waals surface area contributed by atoms with Crippen LogP contribution in [-0.2, 0) is 4.79 Å². The second-order valence-corrected chi connectivity index (χ2v) is 18.7. The quantitative estimate of drug-likeness (QED) is 0.0423. The summed E-state index contributed by atoms with van der Waals surface area (Å²) < 4.78 is 0. The molecule has 0 aromatic carbocycles. The van der Waals surface area contributed by atoms with Gasteiger partial charge in [0.1, 0.15) is 0 Å². The van der Waals surface area contributed by atoms with Crippen LogP contribution in [0.1, 0.15) is 309 Å². The number of nitrogens with one attached hydrogen (secondary N) is 1. The van der Waals surface area contributed by atoms with Crippen molar-refractivity contribution in [1.29, 1.82) is 0 Å². The molecule has 0 spiro atoms. The van der Waals surface area contributed by atoms with Gasteiger partial charge in [0.2, 0.25) is 5.91 Å². The van der Waals surface area contributed by atoms with Crippen molar-refractivity contribution in [1.82, 2.24) is 5.32 Å². The summed E-state index contributed by atoms with van der Waals surface area (Å²) >= 11 is 0. The van der Waals surface area contributed by atoms with Crippen molar-refractivity contribution in [3.05, 3.63) is 12.2 Å². The van der Waals surface area contributed by atoms with E-state index in [1.807, 2.05) is 0 Å². The maximum atomic E-state index is 12.4. The van der Waals surface area contributed by atoms with Crippen LogP contribution in [0.5, 0.6) is 0 Å². The maximum absolute atomic E-state index is 12.4. The molecule has 0 saturated carbocycles. The molecule has 0 saturated heterocycles. The number of aliphatic hydroxyl groups is 2. The molecule has 0 aliphatic heterocycles. The van der Waals surface area contributed by atoms with E-state index in [0.717, 1.165) is 25.7 Å². The van der Waals surface area contributed by atoms with Crippen molar-refractivity contribution in [2.45, 2.75) is 321 Å². The molecular formula is C54H107NO3. The fourth-order valence-electron chi connectivity index (χ4n) is 8.65. The Morgan fingerprint density at radius 1 is 0.397 bits per heavy atom. The summed E-state index contributed by atoms with van der Waals surface area (Å²) in [7, 11) is 0. The normalized spacial score (nSPS) is 12.8. The molecule has 0 fully saturated rings. The molecule has 346 valence electrons. The second-order valence-electron chi connectivity index (χ2n) is 18.7. The Labute approximate surface area is 365 Å². The van der Waals surface area contributed by atoms with E-state index in [1.165, 1.54) is 257 Å². The molecule has 4 nitrogen and oxygen atoms in total. The van der Waals surface area contributed by atoms with Gasteiger partial charge in [0.25, 0.3) is 0 Å². The molecule has 2 unspecified atom stereocenters. The van der Waals surface area contributed by atoms with Crippen LogP contribution < -0.4 is 5.32 Å². The van der Waals surface area contributed by atoms with Gasteiger partial charge in [0, 0.05) is 6.42 Å². The molecule has 0 heterocycles. The Morgan fingerprint density at radius 2 is 0.655 bits per heavy atom. The number of rotatable bonds is 50. The minimum absolute atomic E-state index is 0.0355.